The Morgan fingerprint density at radius 2 is 1.78 bits per heavy atom. The smallest absolute Gasteiger partial charge is 0.370 e. The van der Waals surface area contributed by atoms with Crippen LogP contribution in [-0.4, -0.2) is 30.5 Å². The number of nitrogens with two attached hydrogens (primary N) is 1. The Labute approximate surface area is 152 Å². The predicted octanol–water partition coefficient (Wildman–Crippen LogP) is 3.91. The first kappa shape index (κ1) is 20.1. The molecule has 0 bridgehead atoms. The van der Waals surface area contributed by atoms with Crippen LogP contribution in [0.1, 0.15) is 30.9 Å². The first-order valence-electron chi connectivity index (χ1n) is 7.57. The van der Waals surface area contributed by atoms with Crippen molar-refractivity contribution in [2.45, 2.75) is 32.4 Å². The van der Waals surface area contributed by atoms with Gasteiger partial charge in [-0.05, 0) is 42.9 Å². The first-order valence-corrected chi connectivity index (χ1v) is 7.57. The molecule has 1 aliphatic heterocycles. The van der Waals surface area contributed by atoms with Crippen LogP contribution in [0.4, 0.5) is 13.2 Å². The highest BCUT2D eigenvalue weighted by molar-refractivity contribution is 14.0. The molecule has 1 aromatic carbocycles. The van der Waals surface area contributed by atoms with Gasteiger partial charge in [-0.3, -0.25) is 4.99 Å². The van der Waals surface area contributed by atoms with Crippen LogP contribution in [0, 0.1) is 5.92 Å². The van der Waals surface area contributed by atoms with Gasteiger partial charge in [-0.2, -0.15) is 13.2 Å². The zero-order valence-corrected chi connectivity index (χ0v) is 15.5. The molecule has 3 nitrogen and oxygen atoms in total. The van der Waals surface area contributed by atoms with Gasteiger partial charge in [0, 0.05) is 19.6 Å². The number of aliphatic imine (C=N–C) groups is 1. The summed E-state index contributed by atoms with van der Waals surface area (Å²) >= 11 is 0. The Morgan fingerprint density at radius 1 is 1.22 bits per heavy atom. The average Bonchev–Trinajstić information content (AvgIpc) is 2.47. The molecule has 1 aliphatic rings. The second-order valence-electron chi connectivity index (χ2n) is 5.85. The van der Waals surface area contributed by atoms with E-state index < -0.39 is 11.7 Å². The Kier molecular flexibility index (Phi) is 7.63. The van der Waals surface area contributed by atoms with E-state index >= 15 is 0 Å². The van der Waals surface area contributed by atoms with Gasteiger partial charge in [0.05, 0.1) is 5.56 Å². The van der Waals surface area contributed by atoms with Crippen molar-refractivity contribution in [2.24, 2.45) is 16.6 Å². The van der Waals surface area contributed by atoms with E-state index in [4.69, 9.17) is 5.73 Å². The van der Waals surface area contributed by atoms with Crippen molar-refractivity contribution in [1.29, 1.82) is 0 Å². The summed E-state index contributed by atoms with van der Waals surface area (Å²) in [5, 5.41) is 0. The second-order valence-corrected chi connectivity index (χ2v) is 5.85. The van der Waals surface area contributed by atoms with Gasteiger partial charge in [0.15, 0.2) is 5.96 Å². The fourth-order valence-corrected chi connectivity index (χ4v) is 2.50. The minimum absolute atomic E-state index is 0. The van der Waals surface area contributed by atoms with Crippen LogP contribution >= 0.6 is 24.0 Å². The number of hydrogen-bond acceptors (Lipinski definition) is 1. The largest absolute Gasteiger partial charge is 0.416 e. The van der Waals surface area contributed by atoms with E-state index in [0.29, 0.717) is 18.9 Å². The molecule has 130 valence electrons. The molecule has 1 aromatic rings. The van der Waals surface area contributed by atoms with E-state index in [1.807, 2.05) is 0 Å². The summed E-state index contributed by atoms with van der Waals surface area (Å²) < 4.78 is 37.4. The number of piperidine rings is 1. The summed E-state index contributed by atoms with van der Waals surface area (Å²) in [7, 11) is 0. The van der Waals surface area contributed by atoms with Crippen LogP contribution in [-0.2, 0) is 12.6 Å². The average molecular weight is 441 g/mol. The zero-order valence-electron chi connectivity index (χ0n) is 13.1. The number of nitrogens with zero attached hydrogens (tertiary/aromatic N) is 2. The van der Waals surface area contributed by atoms with Crippen LogP contribution < -0.4 is 5.73 Å². The van der Waals surface area contributed by atoms with Crippen molar-refractivity contribution in [2.75, 3.05) is 19.6 Å². The quantitative estimate of drug-likeness (QED) is 0.439. The molecule has 2 rings (SSSR count). The molecule has 0 amide bonds. The molecule has 0 spiro atoms. The highest BCUT2D eigenvalue weighted by Crippen LogP contribution is 2.29. The molecule has 0 aliphatic carbocycles. The van der Waals surface area contributed by atoms with Crippen molar-refractivity contribution in [3.63, 3.8) is 0 Å². The van der Waals surface area contributed by atoms with Crippen molar-refractivity contribution in [1.82, 2.24) is 4.90 Å². The molecule has 0 radical (unpaired) electrons. The molecule has 7 heteroatoms. The van der Waals surface area contributed by atoms with Crippen LogP contribution in [0.3, 0.4) is 0 Å². The van der Waals surface area contributed by atoms with Crippen LogP contribution in [0.25, 0.3) is 0 Å². The SMILES string of the molecule is CC1CCN(C(N)=NCCc2ccc(C(F)(F)F)cc2)CC1.I. The molecule has 1 saturated heterocycles. The third-order valence-corrected chi connectivity index (χ3v) is 4.06. The lowest BCUT2D eigenvalue weighted by atomic mass is 10.00. The molecular weight excluding hydrogens is 418 g/mol. The van der Waals surface area contributed by atoms with Crippen LogP contribution in [0.15, 0.2) is 29.3 Å². The summed E-state index contributed by atoms with van der Waals surface area (Å²) in [5.41, 5.74) is 6.17. The van der Waals surface area contributed by atoms with E-state index in [1.165, 1.54) is 12.1 Å². The summed E-state index contributed by atoms with van der Waals surface area (Å²) in [6.07, 6.45) is -1.46. The zero-order chi connectivity index (χ0) is 16.2. The Morgan fingerprint density at radius 3 is 2.30 bits per heavy atom. The van der Waals surface area contributed by atoms with Crippen LogP contribution in [0.5, 0.6) is 0 Å². The van der Waals surface area contributed by atoms with Gasteiger partial charge >= 0.3 is 6.18 Å². The molecule has 1 heterocycles. The number of likely N-dealkylation sites (tertiary alicyclic amines) is 1. The maximum Gasteiger partial charge on any atom is 0.416 e. The minimum Gasteiger partial charge on any atom is -0.370 e. The fourth-order valence-electron chi connectivity index (χ4n) is 2.50. The lowest BCUT2D eigenvalue weighted by molar-refractivity contribution is -0.137. The summed E-state index contributed by atoms with van der Waals surface area (Å²) in [4.78, 5) is 6.41. The van der Waals surface area contributed by atoms with Gasteiger partial charge in [-0.25, -0.2) is 0 Å². The molecular formula is C16H23F3IN3. The molecule has 0 aromatic heterocycles. The first-order chi connectivity index (χ1) is 10.4. The maximum atomic E-state index is 12.5. The topological polar surface area (TPSA) is 41.6 Å². The third-order valence-electron chi connectivity index (χ3n) is 4.06. The van der Waals surface area contributed by atoms with E-state index in [2.05, 4.69) is 16.8 Å². The molecule has 0 unspecified atom stereocenters. The highest BCUT2D eigenvalue weighted by Gasteiger charge is 2.29. The molecule has 0 atom stereocenters. The fraction of sp³-hybridized carbons (Fsp3) is 0.562. The molecule has 23 heavy (non-hydrogen) atoms. The van der Waals surface area contributed by atoms with Gasteiger partial charge in [0.25, 0.3) is 0 Å². The number of alkyl halides is 3. The third kappa shape index (κ3) is 6.19. The number of halogens is 4. The van der Waals surface area contributed by atoms with Crippen molar-refractivity contribution < 1.29 is 13.2 Å². The van der Waals surface area contributed by atoms with Crippen molar-refractivity contribution >= 4 is 29.9 Å². The molecule has 2 N–H and O–H groups in total. The monoisotopic (exact) mass is 441 g/mol. The minimum atomic E-state index is -4.29. The molecule has 0 saturated carbocycles. The summed E-state index contributed by atoms with van der Waals surface area (Å²) in [6.45, 7) is 4.58. The number of guanidine groups is 1. The number of hydrogen-bond donors (Lipinski definition) is 1. The van der Waals surface area contributed by atoms with Gasteiger partial charge in [-0.1, -0.05) is 19.1 Å². The Hall–Kier alpha value is -0.990. The standard InChI is InChI=1S/C16H22F3N3.HI/c1-12-7-10-22(11-8-12)15(20)21-9-6-13-2-4-14(5-3-13)16(17,18)19;/h2-5,12H,6-11H2,1H3,(H2,20,21);1H. The predicted molar refractivity (Wildman–Crippen MR) is 97.0 cm³/mol. The summed E-state index contributed by atoms with van der Waals surface area (Å²) in [5.74, 6) is 1.27. The summed E-state index contributed by atoms with van der Waals surface area (Å²) in [6, 6.07) is 5.21. The Bertz CT molecular complexity index is 506. The van der Waals surface area contributed by atoms with Crippen molar-refractivity contribution in [3.8, 4) is 0 Å². The van der Waals surface area contributed by atoms with Gasteiger partial charge in [0.2, 0.25) is 0 Å². The van der Waals surface area contributed by atoms with E-state index in [-0.39, 0.29) is 24.0 Å². The van der Waals surface area contributed by atoms with Crippen LogP contribution in [0.2, 0.25) is 0 Å². The van der Waals surface area contributed by atoms with Gasteiger partial charge < -0.3 is 10.6 Å². The van der Waals surface area contributed by atoms with E-state index in [0.717, 1.165) is 49.5 Å². The lowest BCUT2D eigenvalue weighted by Gasteiger charge is -2.31. The van der Waals surface area contributed by atoms with E-state index in [9.17, 15) is 13.2 Å². The molecule has 1 fully saturated rings. The Balaban J connectivity index is 0.00000264. The van der Waals surface area contributed by atoms with Crippen molar-refractivity contribution in [3.05, 3.63) is 35.4 Å². The lowest BCUT2D eigenvalue weighted by Crippen LogP contribution is -2.42. The second kappa shape index (κ2) is 8.75. The van der Waals surface area contributed by atoms with Gasteiger partial charge in [0.1, 0.15) is 0 Å². The normalized spacial score (nSPS) is 17.0. The highest BCUT2D eigenvalue weighted by atomic mass is 127. The van der Waals surface area contributed by atoms with Gasteiger partial charge in [-0.15, -0.1) is 24.0 Å². The maximum absolute atomic E-state index is 12.5. The van der Waals surface area contributed by atoms with E-state index in [1.54, 1.807) is 0 Å². The number of rotatable bonds is 3. The number of benzene rings is 1.